The third-order valence-corrected chi connectivity index (χ3v) is 0.856. The fraction of sp³-hybridized carbons (Fsp3) is 0.167. The molecule has 0 bridgehead atoms. The molecule has 54 valence electrons. The SMILES string of the molecule is C=CC(=O)OC1=C(OC)O1. The van der Waals surface area contributed by atoms with E-state index in [4.69, 9.17) is 0 Å². The topological polar surface area (TPSA) is 48.1 Å². The molecule has 0 aliphatic carbocycles. The van der Waals surface area contributed by atoms with E-state index < -0.39 is 5.97 Å². The third kappa shape index (κ3) is 1.28. The Morgan fingerprint density at radius 1 is 1.70 bits per heavy atom. The molecule has 4 heteroatoms. The van der Waals surface area contributed by atoms with E-state index in [-0.39, 0.29) is 11.9 Å². The van der Waals surface area contributed by atoms with Gasteiger partial charge in [-0.15, -0.1) is 0 Å². The molecule has 0 amide bonds. The summed E-state index contributed by atoms with van der Waals surface area (Å²) in [5, 5.41) is 0. The lowest BCUT2D eigenvalue weighted by Crippen LogP contribution is -1.93. The van der Waals surface area contributed by atoms with Crippen molar-refractivity contribution in [1.29, 1.82) is 0 Å². The highest BCUT2D eigenvalue weighted by Crippen LogP contribution is 2.27. The minimum Gasteiger partial charge on any atom is -0.463 e. The molecule has 0 aromatic heterocycles. The van der Waals surface area contributed by atoms with Gasteiger partial charge in [0.05, 0.1) is 7.11 Å². The van der Waals surface area contributed by atoms with Crippen LogP contribution in [0.15, 0.2) is 24.5 Å². The number of methoxy groups -OCH3 is 1. The number of carbonyl (C=O) groups is 1. The molecule has 0 saturated carbocycles. The predicted octanol–water partition coefficient (Wildman–Crippen LogP) is 0.519. The van der Waals surface area contributed by atoms with Crippen molar-refractivity contribution in [2.75, 3.05) is 7.11 Å². The molecule has 1 rings (SSSR count). The van der Waals surface area contributed by atoms with Crippen molar-refractivity contribution in [3.8, 4) is 0 Å². The third-order valence-electron chi connectivity index (χ3n) is 0.856. The standard InChI is InChI=1S/C6H6O4/c1-3-4(7)9-6-5(8-2)10-6/h3H,1H2,2H3. The zero-order chi connectivity index (χ0) is 7.56. The van der Waals surface area contributed by atoms with Gasteiger partial charge in [-0.25, -0.2) is 4.79 Å². The van der Waals surface area contributed by atoms with Gasteiger partial charge in [0.25, 0.3) is 0 Å². The van der Waals surface area contributed by atoms with Crippen LogP contribution in [0.3, 0.4) is 0 Å². The van der Waals surface area contributed by atoms with Gasteiger partial charge in [0.15, 0.2) is 0 Å². The second-order valence-corrected chi connectivity index (χ2v) is 1.51. The van der Waals surface area contributed by atoms with Crippen molar-refractivity contribution >= 4 is 5.97 Å². The van der Waals surface area contributed by atoms with E-state index in [1.807, 2.05) is 0 Å². The second-order valence-electron chi connectivity index (χ2n) is 1.51. The molecule has 0 radical (unpaired) electrons. The maximum Gasteiger partial charge on any atom is 0.381 e. The zero-order valence-corrected chi connectivity index (χ0v) is 5.42. The van der Waals surface area contributed by atoms with Gasteiger partial charge < -0.3 is 14.2 Å². The quantitative estimate of drug-likeness (QED) is 0.425. The minimum atomic E-state index is -0.554. The first-order valence-electron chi connectivity index (χ1n) is 2.58. The molecule has 10 heavy (non-hydrogen) atoms. The molecular weight excluding hydrogens is 136 g/mol. The highest BCUT2D eigenvalue weighted by molar-refractivity contribution is 5.82. The lowest BCUT2D eigenvalue weighted by atomic mass is 10.7. The van der Waals surface area contributed by atoms with Crippen LogP contribution < -0.4 is 0 Å². The fourth-order valence-corrected chi connectivity index (χ4v) is 0.379. The van der Waals surface area contributed by atoms with Gasteiger partial charge in [-0.1, -0.05) is 6.58 Å². The molecule has 0 atom stereocenters. The molecule has 1 aliphatic heterocycles. The van der Waals surface area contributed by atoms with Crippen molar-refractivity contribution in [3.05, 3.63) is 24.5 Å². The summed E-state index contributed by atoms with van der Waals surface area (Å²) < 4.78 is 13.6. The molecule has 0 spiro atoms. The molecular formula is C6H6O4. The summed E-state index contributed by atoms with van der Waals surface area (Å²) in [5.74, 6) is -0.190. The Bertz CT molecular complexity index is 204. The van der Waals surface area contributed by atoms with Crippen molar-refractivity contribution in [2.24, 2.45) is 0 Å². The Balaban J connectivity index is 2.35. The monoisotopic (exact) mass is 142 g/mol. The number of ether oxygens (including phenoxy) is 3. The van der Waals surface area contributed by atoms with Gasteiger partial charge in [-0.3, -0.25) is 0 Å². The Hall–Kier alpha value is -1.45. The molecule has 0 saturated heterocycles. The van der Waals surface area contributed by atoms with E-state index in [1.54, 1.807) is 0 Å². The number of carbonyl (C=O) groups excluding carboxylic acids is 1. The molecule has 0 N–H and O–H groups in total. The van der Waals surface area contributed by atoms with Gasteiger partial charge in [-0.2, -0.15) is 0 Å². The fourth-order valence-electron chi connectivity index (χ4n) is 0.379. The summed E-state index contributed by atoms with van der Waals surface area (Å²) in [6, 6.07) is 0. The van der Waals surface area contributed by atoms with Crippen LogP contribution in [0.2, 0.25) is 0 Å². The van der Waals surface area contributed by atoms with Crippen LogP contribution in [0.1, 0.15) is 0 Å². The first-order valence-corrected chi connectivity index (χ1v) is 2.58. The van der Waals surface area contributed by atoms with Crippen LogP contribution in [0.25, 0.3) is 0 Å². The Morgan fingerprint density at radius 2 is 2.40 bits per heavy atom. The lowest BCUT2D eigenvalue weighted by molar-refractivity contribution is -0.135. The Labute approximate surface area is 57.7 Å². The molecule has 0 fully saturated rings. The molecule has 0 aromatic rings. The van der Waals surface area contributed by atoms with Crippen LogP contribution in [-0.2, 0) is 19.0 Å². The van der Waals surface area contributed by atoms with Crippen LogP contribution in [-0.4, -0.2) is 13.1 Å². The number of hydrogen-bond acceptors (Lipinski definition) is 4. The lowest BCUT2D eigenvalue weighted by Gasteiger charge is -1.84. The van der Waals surface area contributed by atoms with Gasteiger partial charge in [0, 0.05) is 6.08 Å². The maximum absolute atomic E-state index is 10.4. The summed E-state index contributed by atoms with van der Waals surface area (Å²) in [5.41, 5.74) is 0. The van der Waals surface area contributed by atoms with E-state index in [0.29, 0.717) is 0 Å². The minimum absolute atomic E-state index is 0.118. The predicted molar refractivity (Wildman–Crippen MR) is 31.4 cm³/mol. The molecule has 0 unspecified atom stereocenters. The van der Waals surface area contributed by atoms with E-state index in [2.05, 4.69) is 20.8 Å². The summed E-state index contributed by atoms with van der Waals surface area (Å²) in [4.78, 5) is 10.4. The summed E-state index contributed by atoms with van der Waals surface area (Å²) in [6.07, 6.45) is 1.04. The van der Waals surface area contributed by atoms with E-state index in [0.717, 1.165) is 6.08 Å². The van der Waals surface area contributed by atoms with Crippen LogP contribution in [0, 0.1) is 0 Å². The number of hydrogen-bond donors (Lipinski definition) is 0. The second kappa shape index (κ2) is 2.43. The number of rotatable bonds is 3. The van der Waals surface area contributed by atoms with E-state index in [9.17, 15) is 4.79 Å². The zero-order valence-electron chi connectivity index (χ0n) is 5.42. The molecule has 1 aliphatic rings. The molecule has 1 heterocycles. The maximum atomic E-state index is 10.4. The smallest absolute Gasteiger partial charge is 0.381 e. The summed E-state index contributed by atoms with van der Waals surface area (Å²) in [6.45, 7) is 3.20. The van der Waals surface area contributed by atoms with Gasteiger partial charge in [0.1, 0.15) is 0 Å². The molecule has 0 aromatic carbocycles. The van der Waals surface area contributed by atoms with Crippen molar-refractivity contribution in [1.82, 2.24) is 0 Å². The van der Waals surface area contributed by atoms with E-state index in [1.165, 1.54) is 7.11 Å². The van der Waals surface area contributed by atoms with Crippen LogP contribution in [0.5, 0.6) is 0 Å². The highest BCUT2D eigenvalue weighted by atomic mass is 16.8. The largest absolute Gasteiger partial charge is 0.463 e. The van der Waals surface area contributed by atoms with Crippen LogP contribution in [0.4, 0.5) is 0 Å². The van der Waals surface area contributed by atoms with Crippen molar-refractivity contribution < 1.29 is 19.0 Å². The van der Waals surface area contributed by atoms with Gasteiger partial charge in [-0.05, 0) is 0 Å². The number of esters is 1. The van der Waals surface area contributed by atoms with E-state index >= 15 is 0 Å². The van der Waals surface area contributed by atoms with Crippen molar-refractivity contribution in [2.45, 2.75) is 0 Å². The normalized spacial score (nSPS) is 13.7. The summed E-state index contributed by atoms with van der Waals surface area (Å²) in [7, 11) is 1.42. The average Bonchev–Trinajstić information content (AvgIpc) is 2.67. The first-order chi connectivity index (χ1) is 4.77. The molecule has 4 nitrogen and oxygen atoms in total. The Kier molecular flexibility index (Phi) is 1.62. The summed E-state index contributed by atoms with van der Waals surface area (Å²) >= 11 is 0. The average molecular weight is 142 g/mol. The van der Waals surface area contributed by atoms with Crippen molar-refractivity contribution in [3.63, 3.8) is 0 Å². The van der Waals surface area contributed by atoms with Crippen LogP contribution >= 0.6 is 0 Å². The van der Waals surface area contributed by atoms with Gasteiger partial charge >= 0.3 is 17.9 Å². The highest BCUT2D eigenvalue weighted by Gasteiger charge is 2.31. The van der Waals surface area contributed by atoms with Gasteiger partial charge in [0.2, 0.25) is 0 Å². The first kappa shape index (κ1) is 6.67. The Morgan fingerprint density at radius 3 is 2.80 bits per heavy atom.